The van der Waals surface area contributed by atoms with Crippen molar-refractivity contribution in [1.82, 2.24) is 29.9 Å². The van der Waals surface area contributed by atoms with E-state index in [2.05, 4.69) is 61.8 Å². The molecule has 266 valence electrons. The molecule has 2 atom stereocenters. The number of nitrogens with zero attached hydrogens (tertiary/aromatic N) is 6. The number of carbonyl (C=O) groups excluding carboxylic acids is 4. The fraction of sp³-hybridized carbons (Fsp3) is 0.125. The fourth-order valence-corrected chi connectivity index (χ4v) is 4.33. The molecule has 0 radical (unpaired) electrons. The van der Waals surface area contributed by atoms with Crippen molar-refractivity contribution in [1.29, 1.82) is 0 Å². The molecular weight excluding hydrogens is 708 g/mol. The zero-order chi connectivity index (χ0) is 37.0. The van der Waals surface area contributed by atoms with Crippen LogP contribution in [0.2, 0.25) is 0 Å². The van der Waals surface area contributed by atoms with Gasteiger partial charge in [-0.3, -0.25) is 0 Å². The molecule has 3 aromatic carbocycles. The van der Waals surface area contributed by atoms with E-state index in [9.17, 15) is 39.6 Å². The van der Waals surface area contributed by atoms with E-state index in [1.165, 1.54) is 0 Å². The minimum atomic E-state index is -1.71. The molecule has 0 saturated heterocycles. The van der Waals surface area contributed by atoms with Crippen molar-refractivity contribution in [3.63, 3.8) is 0 Å². The van der Waals surface area contributed by atoms with E-state index < -0.39 is 48.8 Å². The number of nitrogens with one attached hydrogen (secondary N) is 6. The number of rotatable bonds is 18. The SMILES string of the molecule is O=C([O-])CC(Nc1nc(Nc2ccccc2)nc(Nc2ccc(Nc3nc(Nc4ccccc4)nc(NC(CC(=O)[O-])C(=O)[O-])n3)cc2)n1)C(=O)[O-].[Li+].[Li+].[Li+].[Li+]. The minimum Gasteiger partial charge on any atom is -0.550 e. The molecule has 0 aliphatic heterocycles. The summed E-state index contributed by atoms with van der Waals surface area (Å²) in [5, 5.41) is 61.9. The van der Waals surface area contributed by atoms with E-state index in [4.69, 9.17) is 0 Å². The van der Waals surface area contributed by atoms with Crippen molar-refractivity contribution in [3.05, 3.63) is 84.9 Å². The van der Waals surface area contributed by atoms with Gasteiger partial charge in [-0.15, -0.1) is 0 Å². The molecule has 2 unspecified atom stereocenters. The van der Waals surface area contributed by atoms with Gasteiger partial charge in [0.2, 0.25) is 35.7 Å². The third-order valence-electron chi connectivity index (χ3n) is 6.65. The molecule has 0 aliphatic rings. The van der Waals surface area contributed by atoms with E-state index in [-0.39, 0.29) is 111 Å². The second-order valence-electron chi connectivity index (χ2n) is 10.6. The Bertz CT molecular complexity index is 1910. The Labute approximate surface area is 366 Å². The zero-order valence-corrected chi connectivity index (χ0v) is 30.6. The molecule has 0 bridgehead atoms. The molecule has 0 spiro atoms. The van der Waals surface area contributed by atoms with Gasteiger partial charge in [0, 0.05) is 47.5 Å². The van der Waals surface area contributed by atoms with E-state index in [0.717, 1.165) is 0 Å². The number of para-hydroxylation sites is 2. The van der Waals surface area contributed by atoms with Crippen molar-refractivity contribution in [3.8, 4) is 0 Å². The molecule has 0 amide bonds. The quantitative estimate of drug-likeness (QED) is 0.0455. The smallest absolute Gasteiger partial charge is 0.550 e. The standard InChI is InChI=1S/C32H30N12O8.4Li/c45-23(46)15-21(25(49)50)37-31-41-27(33-17-7-3-1-4-8-17)39-29(43-31)35-19-11-13-20(14-12-19)36-30-40-28(34-18-9-5-2-6-10-18)42-32(44-30)38-22(26(51)52)16-24(47)48;;;;/h1-14,21-22H,15-16H2,(H,45,46)(H,47,48)(H,49,50)(H,51,52)(H3,33,35,37,39,41,43)(H3,34,36,38,40,42,44);;;;/q;4*+1/p-4. The number of benzene rings is 3. The van der Waals surface area contributed by atoms with Crippen LogP contribution in [0.25, 0.3) is 0 Å². The van der Waals surface area contributed by atoms with Crippen LogP contribution in [0.1, 0.15) is 12.8 Å². The normalized spacial score (nSPS) is 10.9. The summed E-state index contributed by atoms with van der Waals surface area (Å²) in [5.74, 6) is -7.33. The van der Waals surface area contributed by atoms with Gasteiger partial charge in [0.15, 0.2) is 0 Å². The van der Waals surface area contributed by atoms with E-state index >= 15 is 0 Å². The number of carboxylic acids is 4. The summed E-state index contributed by atoms with van der Waals surface area (Å²) < 4.78 is 0. The maximum atomic E-state index is 11.5. The van der Waals surface area contributed by atoms with Gasteiger partial charge in [0.25, 0.3) is 0 Å². The van der Waals surface area contributed by atoms with Gasteiger partial charge in [-0.05, 0) is 48.5 Å². The number of carbonyl (C=O) groups is 4. The third kappa shape index (κ3) is 15.5. The molecule has 2 aromatic heterocycles. The number of aromatic nitrogens is 6. The van der Waals surface area contributed by atoms with Crippen molar-refractivity contribution >= 4 is 82.3 Å². The van der Waals surface area contributed by atoms with Crippen molar-refractivity contribution in [2.75, 3.05) is 31.9 Å². The van der Waals surface area contributed by atoms with Gasteiger partial charge < -0.3 is 71.5 Å². The van der Waals surface area contributed by atoms with Gasteiger partial charge in [0.05, 0.1) is 24.0 Å². The molecule has 0 aliphatic carbocycles. The fourth-order valence-electron chi connectivity index (χ4n) is 4.33. The second kappa shape index (κ2) is 23.6. The summed E-state index contributed by atoms with van der Waals surface area (Å²) in [5.41, 5.74) is 2.09. The van der Waals surface area contributed by atoms with Crippen LogP contribution in [-0.2, 0) is 19.2 Å². The number of anilines is 10. The van der Waals surface area contributed by atoms with Crippen LogP contribution in [0.5, 0.6) is 0 Å². The van der Waals surface area contributed by atoms with Crippen LogP contribution in [0, 0.1) is 0 Å². The molecule has 6 N–H and O–H groups in total. The number of hydrogen-bond acceptors (Lipinski definition) is 20. The molecule has 5 rings (SSSR count). The van der Waals surface area contributed by atoms with Gasteiger partial charge in [-0.25, -0.2) is 0 Å². The van der Waals surface area contributed by atoms with E-state index in [1.54, 1.807) is 84.9 Å². The number of hydrogen-bond donors (Lipinski definition) is 6. The van der Waals surface area contributed by atoms with Gasteiger partial charge >= 0.3 is 75.4 Å². The minimum absolute atomic E-state index is 0. The van der Waals surface area contributed by atoms with Crippen LogP contribution in [0.4, 0.5) is 58.4 Å². The first-order valence-electron chi connectivity index (χ1n) is 15.1. The number of aliphatic carboxylic acids is 4. The van der Waals surface area contributed by atoms with Crippen molar-refractivity contribution < 1.29 is 115 Å². The topological polar surface area (TPSA) is 310 Å². The third-order valence-corrected chi connectivity index (χ3v) is 6.65. The van der Waals surface area contributed by atoms with E-state index in [0.29, 0.717) is 22.7 Å². The summed E-state index contributed by atoms with van der Waals surface area (Å²) in [6, 6.07) is 20.6. The molecule has 20 nitrogen and oxygen atoms in total. The Morgan fingerprint density at radius 1 is 0.411 bits per heavy atom. The van der Waals surface area contributed by atoms with Crippen LogP contribution in [0.3, 0.4) is 0 Å². The van der Waals surface area contributed by atoms with Gasteiger partial charge in [0.1, 0.15) is 0 Å². The van der Waals surface area contributed by atoms with Gasteiger partial charge in [-0.1, -0.05) is 36.4 Å². The predicted octanol–water partition coefficient (Wildman–Crippen LogP) is -13.6. The summed E-state index contributed by atoms with van der Waals surface area (Å²) in [4.78, 5) is 70.5. The average Bonchev–Trinajstić information content (AvgIpc) is 3.09. The monoisotopic (exact) mass is 734 g/mol. The Balaban J connectivity index is 0.00000392. The van der Waals surface area contributed by atoms with Crippen LogP contribution < -0.4 is 128 Å². The second-order valence-corrected chi connectivity index (χ2v) is 10.6. The summed E-state index contributed by atoms with van der Waals surface area (Å²) in [6.07, 6.45) is -1.82. The largest absolute Gasteiger partial charge is 1.00 e. The molecule has 2 heterocycles. The number of carboxylic acid groups (broad SMARTS) is 4. The Morgan fingerprint density at radius 2 is 0.661 bits per heavy atom. The van der Waals surface area contributed by atoms with Crippen molar-refractivity contribution in [2.24, 2.45) is 0 Å². The van der Waals surface area contributed by atoms with E-state index in [1.807, 2.05) is 0 Å². The van der Waals surface area contributed by atoms with Crippen LogP contribution >= 0.6 is 0 Å². The summed E-state index contributed by atoms with van der Waals surface area (Å²) >= 11 is 0. The zero-order valence-electron chi connectivity index (χ0n) is 30.6. The molecule has 0 saturated carbocycles. The van der Waals surface area contributed by atoms with Gasteiger partial charge in [-0.2, -0.15) is 29.9 Å². The Morgan fingerprint density at radius 3 is 0.911 bits per heavy atom. The first-order chi connectivity index (χ1) is 25.0. The average molecular weight is 734 g/mol. The molecule has 24 heteroatoms. The van der Waals surface area contributed by atoms with Crippen LogP contribution in [0.15, 0.2) is 84.9 Å². The first-order valence-corrected chi connectivity index (χ1v) is 15.1. The Hall–Kier alpha value is -5.25. The van der Waals surface area contributed by atoms with Crippen LogP contribution in [-0.4, -0.2) is 65.9 Å². The summed E-state index contributed by atoms with van der Waals surface area (Å²) in [7, 11) is 0. The first kappa shape index (κ1) is 48.8. The molecule has 0 fully saturated rings. The summed E-state index contributed by atoms with van der Waals surface area (Å²) in [6.45, 7) is 0. The Kier molecular flexibility index (Phi) is 20.6. The molecule has 56 heavy (non-hydrogen) atoms. The maximum absolute atomic E-state index is 11.5. The predicted molar refractivity (Wildman–Crippen MR) is 176 cm³/mol. The maximum Gasteiger partial charge on any atom is 1.00 e. The molecular formula is C32H26Li4N12O8. The van der Waals surface area contributed by atoms with Crippen molar-refractivity contribution in [2.45, 2.75) is 24.9 Å². The molecule has 5 aromatic rings.